The Kier molecular flexibility index (Phi) is 5.04. The van der Waals surface area contributed by atoms with Crippen LogP contribution in [0.25, 0.3) is 0 Å². The summed E-state index contributed by atoms with van der Waals surface area (Å²) in [4.78, 5) is 15.3. The topological polar surface area (TPSA) is 73.5 Å². The van der Waals surface area contributed by atoms with E-state index in [9.17, 15) is 4.79 Å². The van der Waals surface area contributed by atoms with Crippen molar-refractivity contribution < 1.29 is 10.3 Å². The van der Waals surface area contributed by atoms with Gasteiger partial charge in [-0.25, -0.2) is 4.98 Å². The minimum absolute atomic E-state index is 0. The molecular formula is C9H14N2O2S. The Bertz CT molecular complexity index is 340. The summed E-state index contributed by atoms with van der Waals surface area (Å²) in [7, 11) is 0. The molecule has 3 N–H and O–H groups in total. The zero-order chi connectivity index (χ0) is 9.84. The second-order valence-electron chi connectivity index (χ2n) is 3.00. The van der Waals surface area contributed by atoms with Crippen molar-refractivity contribution in [1.29, 1.82) is 0 Å². The molecule has 5 heteroatoms. The van der Waals surface area contributed by atoms with Crippen LogP contribution >= 0.6 is 11.3 Å². The average Bonchev–Trinajstić information content (AvgIpc) is 2.33. The number of aromatic nitrogens is 1. The Balaban J connectivity index is 0.00000169. The van der Waals surface area contributed by atoms with E-state index < -0.39 is 0 Å². The molecule has 0 unspecified atom stereocenters. The van der Waals surface area contributed by atoms with Crippen molar-refractivity contribution in [2.45, 2.75) is 20.8 Å². The van der Waals surface area contributed by atoms with Crippen molar-refractivity contribution in [3.8, 4) is 0 Å². The van der Waals surface area contributed by atoms with E-state index in [1.54, 1.807) is 6.08 Å². The van der Waals surface area contributed by atoms with Crippen molar-refractivity contribution in [3.05, 3.63) is 22.7 Å². The van der Waals surface area contributed by atoms with E-state index in [-0.39, 0.29) is 11.4 Å². The summed E-state index contributed by atoms with van der Waals surface area (Å²) in [6.45, 7) is 5.66. The van der Waals surface area contributed by atoms with Gasteiger partial charge in [-0.3, -0.25) is 10.1 Å². The third-order valence-corrected chi connectivity index (χ3v) is 2.14. The number of rotatable bonds is 2. The molecule has 1 amide bonds. The lowest BCUT2D eigenvalue weighted by molar-refractivity contribution is -0.111. The van der Waals surface area contributed by atoms with Crippen LogP contribution in [0.1, 0.15) is 19.5 Å². The van der Waals surface area contributed by atoms with Gasteiger partial charge in [0.25, 0.3) is 0 Å². The smallest absolute Gasteiger partial charge is 0.250 e. The SMILES string of the molecule is CC(C)=CC(=O)Nc1nc(C)cs1.O. The van der Waals surface area contributed by atoms with Crippen LogP contribution in [-0.2, 0) is 4.79 Å². The van der Waals surface area contributed by atoms with E-state index in [0.717, 1.165) is 11.3 Å². The predicted molar refractivity (Wildman–Crippen MR) is 58.5 cm³/mol. The highest BCUT2D eigenvalue weighted by molar-refractivity contribution is 7.13. The van der Waals surface area contributed by atoms with Crippen molar-refractivity contribution >= 4 is 22.4 Å². The maximum absolute atomic E-state index is 11.2. The van der Waals surface area contributed by atoms with E-state index >= 15 is 0 Å². The van der Waals surface area contributed by atoms with Gasteiger partial charge in [0, 0.05) is 11.5 Å². The van der Waals surface area contributed by atoms with Crippen molar-refractivity contribution in [1.82, 2.24) is 4.98 Å². The minimum atomic E-state index is -0.116. The number of aryl methyl sites for hydroxylation is 1. The molecule has 0 aliphatic heterocycles. The molecule has 0 spiro atoms. The van der Waals surface area contributed by atoms with Crippen LogP contribution in [0.2, 0.25) is 0 Å². The summed E-state index contributed by atoms with van der Waals surface area (Å²) in [5.74, 6) is -0.116. The van der Waals surface area contributed by atoms with Gasteiger partial charge in [-0.2, -0.15) is 0 Å². The molecule has 0 fully saturated rings. The third kappa shape index (κ3) is 4.15. The van der Waals surface area contributed by atoms with Gasteiger partial charge in [-0.15, -0.1) is 11.3 Å². The molecule has 0 aromatic carbocycles. The maximum atomic E-state index is 11.2. The molecule has 0 aliphatic rings. The second-order valence-corrected chi connectivity index (χ2v) is 3.86. The average molecular weight is 214 g/mol. The number of allylic oxidation sites excluding steroid dienone is 1. The highest BCUT2D eigenvalue weighted by Gasteiger charge is 2.01. The predicted octanol–water partition coefficient (Wildman–Crippen LogP) is 1.53. The molecular weight excluding hydrogens is 200 g/mol. The number of hydrogen-bond donors (Lipinski definition) is 1. The standard InChI is InChI=1S/C9H12N2OS.H2O/c1-6(2)4-8(12)11-9-10-7(3)5-13-9;/h4-5H,1-3H3,(H,10,11,12);1H2. The molecule has 1 rings (SSSR count). The Hall–Kier alpha value is -1.20. The Morgan fingerprint density at radius 2 is 2.21 bits per heavy atom. The zero-order valence-corrected chi connectivity index (χ0v) is 9.23. The van der Waals surface area contributed by atoms with Gasteiger partial charge in [0.1, 0.15) is 0 Å². The molecule has 1 aromatic heterocycles. The number of carbonyl (C=O) groups is 1. The lowest BCUT2D eigenvalue weighted by Gasteiger charge is -1.95. The molecule has 1 heterocycles. The molecule has 0 saturated heterocycles. The number of amides is 1. The monoisotopic (exact) mass is 214 g/mol. The first-order valence-corrected chi connectivity index (χ1v) is 4.84. The lowest BCUT2D eigenvalue weighted by Crippen LogP contribution is -2.07. The minimum Gasteiger partial charge on any atom is -0.412 e. The molecule has 1 aromatic rings. The molecule has 0 aliphatic carbocycles. The van der Waals surface area contributed by atoms with Gasteiger partial charge in [-0.1, -0.05) is 5.57 Å². The molecule has 4 nitrogen and oxygen atoms in total. The van der Waals surface area contributed by atoms with Gasteiger partial charge in [0.05, 0.1) is 5.69 Å². The molecule has 0 radical (unpaired) electrons. The van der Waals surface area contributed by atoms with E-state index in [1.807, 2.05) is 26.2 Å². The maximum Gasteiger partial charge on any atom is 0.250 e. The van der Waals surface area contributed by atoms with Crippen molar-refractivity contribution in [3.63, 3.8) is 0 Å². The normalized spacial score (nSPS) is 8.79. The van der Waals surface area contributed by atoms with Crippen LogP contribution < -0.4 is 5.32 Å². The lowest BCUT2D eigenvalue weighted by atomic mass is 10.3. The van der Waals surface area contributed by atoms with Crippen LogP contribution in [0.15, 0.2) is 17.0 Å². The first-order valence-electron chi connectivity index (χ1n) is 3.96. The van der Waals surface area contributed by atoms with Crippen LogP contribution in [-0.4, -0.2) is 16.4 Å². The number of carbonyl (C=O) groups excluding carboxylic acids is 1. The number of anilines is 1. The summed E-state index contributed by atoms with van der Waals surface area (Å²) >= 11 is 1.43. The van der Waals surface area contributed by atoms with Gasteiger partial charge in [-0.05, 0) is 20.8 Å². The number of nitrogens with one attached hydrogen (secondary N) is 1. The van der Waals surface area contributed by atoms with E-state index in [2.05, 4.69) is 10.3 Å². The van der Waals surface area contributed by atoms with Gasteiger partial charge < -0.3 is 5.48 Å². The van der Waals surface area contributed by atoms with Gasteiger partial charge in [0.2, 0.25) is 5.91 Å². The van der Waals surface area contributed by atoms with E-state index in [0.29, 0.717) is 5.13 Å². The fraction of sp³-hybridized carbons (Fsp3) is 0.333. The summed E-state index contributed by atoms with van der Waals surface area (Å²) < 4.78 is 0. The largest absolute Gasteiger partial charge is 0.412 e. The summed E-state index contributed by atoms with van der Waals surface area (Å²) in [6, 6.07) is 0. The highest BCUT2D eigenvalue weighted by atomic mass is 32.1. The molecule has 0 bridgehead atoms. The van der Waals surface area contributed by atoms with Gasteiger partial charge >= 0.3 is 0 Å². The second kappa shape index (κ2) is 5.51. The molecule has 14 heavy (non-hydrogen) atoms. The van der Waals surface area contributed by atoms with Gasteiger partial charge in [0.15, 0.2) is 5.13 Å². The van der Waals surface area contributed by atoms with Crippen molar-refractivity contribution in [2.75, 3.05) is 5.32 Å². The quantitative estimate of drug-likeness (QED) is 0.758. The van der Waals surface area contributed by atoms with Crippen LogP contribution in [0.3, 0.4) is 0 Å². The Labute approximate surface area is 87.0 Å². The van der Waals surface area contributed by atoms with Crippen LogP contribution in [0.5, 0.6) is 0 Å². The third-order valence-electron chi connectivity index (χ3n) is 1.27. The van der Waals surface area contributed by atoms with E-state index in [1.165, 1.54) is 11.3 Å². The number of nitrogens with zero attached hydrogens (tertiary/aromatic N) is 1. The molecule has 0 saturated carbocycles. The van der Waals surface area contributed by atoms with E-state index in [4.69, 9.17) is 0 Å². The summed E-state index contributed by atoms with van der Waals surface area (Å²) in [5, 5.41) is 5.24. The van der Waals surface area contributed by atoms with Crippen molar-refractivity contribution in [2.24, 2.45) is 0 Å². The fourth-order valence-electron chi connectivity index (χ4n) is 0.815. The highest BCUT2D eigenvalue weighted by Crippen LogP contribution is 2.14. The Morgan fingerprint density at radius 3 is 2.64 bits per heavy atom. The van der Waals surface area contributed by atoms with Crippen LogP contribution in [0.4, 0.5) is 5.13 Å². The zero-order valence-electron chi connectivity index (χ0n) is 8.42. The number of thiazole rings is 1. The summed E-state index contributed by atoms with van der Waals surface area (Å²) in [6.07, 6.45) is 1.55. The fourth-order valence-corrected chi connectivity index (χ4v) is 1.51. The first-order chi connectivity index (χ1) is 6.08. The summed E-state index contributed by atoms with van der Waals surface area (Å²) in [5.41, 5.74) is 1.91. The first kappa shape index (κ1) is 12.8. The molecule has 78 valence electrons. The molecule has 0 atom stereocenters. The van der Waals surface area contributed by atoms with Crippen LogP contribution in [0, 0.1) is 6.92 Å². The Morgan fingerprint density at radius 1 is 1.57 bits per heavy atom. The number of hydrogen-bond acceptors (Lipinski definition) is 3.